The summed E-state index contributed by atoms with van der Waals surface area (Å²) in [6, 6.07) is 4.07. The molecule has 1 aliphatic rings. The highest BCUT2D eigenvalue weighted by Crippen LogP contribution is 2.19. The first kappa shape index (κ1) is 11.7. The van der Waals surface area contributed by atoms with Gasteiger partial charge in [0.05, 0.1) is 11.3 Å². The molecule has 3 N–H and O–H groups in total. The van der Waals surface area contributed by atoms with E-state index in [1.165, 1.54) is 6.42 Å². The van der Waals surface area contributed by atoms with Crippen molar-refractivity contribution in [3.63, 3.8) is 0 Å². The van der Waals surface area contributed by atoms with Crippen molar-refractivity contribution < 1.29 is 0 Å². The summed E-state index contributed by atoms with van der Waals surface area (Å²) in [5, 5.41) is 12.1. The average molecular weight is 231 g/mol. The minimum Gasteiger partial charge on any atom is -0.396 e. The summed E-state index contributed by atoms with van der Waals surface area (Å²) >= 11 is 0. The molecule has 0 amide bonds. The van der Waals surface area contributed by atoms with Gasteiger partial charge in [-0.3, -0.25) is 0 Å². The average Bonchev–Trinajstić information content (AvgIpc) is 2.32. The van der Waals surface area contributed by atoms with E-state index in [1.807, 2.05) is 6.07 Å². The molecule has 0 aliphatic carbocycles. The molecule has 0 radical (unpaired) electrons. The second-order valence-corrected chi connectivity index (χ2v) is 4.52. The Labute approximate surface area is 101 Å². The van der Waals surface area contributed by atoms with Crippen molar-refractivity contribution in [2.45, 2.75) is 18.9 Å². The Morgan fingerprint density at radius 2 is 2.47 bits per heavy atom. The normalized spacial score (nSPS) is 20.8. The van der Waals surface area contributed by atoms with Crippen LogP contribution in [-0.4, -0.2) is 36.1 Å². The van der Waals surface area contributed by atoms with E-state index in [9.17, 15) is 0 Å². The molecule has 1 aromatic rings. The summed E-state index contributed by atoms with van der Waals surface area (Å²) in [6.07, 6.45) is 3.86. The van der Waals surface area contributed by atoms with Crippen LogP contribution in [0.1, 0.15) is 18.4 Å². The zero-order valence-corrected chi connectivity index (χ0v) is 9.98. The number of nitrogens with two attached hydrogens (primary N) is 1. The maximum Gasteiger partial charge on any atom is 0.149 e. The van der Waals surface area contributed by atoms with Gasteiger partial charge in [0.25, 0.3) is 0 Å². The van der Waals surface area contributed by atoms with Crippen molar-refractivity contribution >= 4 is 11.5 Å². The Bertz CT molecular complexity index is 437. The van der Waals surface area contributed by atoms with Crippen LogP contribution in [0.4, 0.5) is 11.5 Å². The molecular formula is C12H17N5. The number of likely N-dealkylation sites (N-methyl/N-ethyl adjacent to an activating group) is 1. The zero-order valence-electron chi connectivity index (χ0n) is 9.98. The van der Waals surface area contributed by atoms with Gasteiger partial charge in [0.2, 0.25) is 0 Å². The van der Waals surface area contributed by atoms with Crippen molar-refractivity contribution in [2.75, 3.05) is 31.2 Å². The van der Waals surface area contributed by atoms with Gasteiger partial charge in [-0.25, -0.2) is 4.98 Å². The molecule has 1 atom stereocenters. The maximum absolute atomic E-state index is 8.74. The number of hydrogen-bond donors (Lipinski definition) is 2. The molecule has 1 fully saturated rings. The fraction of sp³-hybridized carbons (Fsp3) is 0.500. The SMILES string of the molecule is CN1CCCC(Nc2ncc(C#N)cc2N)C1. The molecule has 2 heterocycles. The number of aromatic nitrogens is 1. The highest BCUT2D eigenvalue weighted by molar-refractivity contribution is 5.63. The number of nitriles is 1. The van der Waals surface area contributed by atoms with Gasteiger partial charge >= 0.3 is 0 Å². The molecule has 5 nitrogen and oxygen atoms in total. The third-order valence-electron chi connectivity index (χ3n) is 3.01. The largest absolute Gasteiger partial charge is 0.396 e. The summed E-state index contributed by atoms with van der Waals surface area (Å²) < 4.78 is 0. The van der Waals surface area contributed by atoms with E-state index in [0.29, 0.717) is 23.1 Å². The number of nitrogen functional groups attached to an aromatic ring is 1. The number of piperidine rings is 1. The Balaban J connectivity index is 2.06. The molecule has 5 heteroatoms. The standard InChI is InChI=1S/C12H17N5/c1-17-4-2-3-10(8-17)16-12-11(14)5-9(6-13)7-15-12/h5,7,10H,2-4,8,14H2,1H3,(H,15,16). The van der Waals surface area contributed by atoms with Crippen LogP contribution in [0.2, 0.25) is 0 Å². The Hall–Kier alpha value is -1.80. The summed E-state index contributed by atoms with van der Waals surface area (Å²) in [6.45, 7) is 2.15. The van der Waals surface area contributed by atoms with Gasteiger partial charge in [-0.15, -0.1) is 0 Å². The van der Waals surface area contributed by atoms with E-state index in [0.717, 1.165) is 19.5 Å². The van der Waals surface area contributed by atoms with Gasteiger partial charge in [0.1, 0.15) is 11.9 Å². The number of rotatable bonds is 2. The molecule has 2 rings (SSSR count). The lowest BCUT2D eigenvalue weighted by Crippen LogP contribution is -2.40. The molecule has 1 unspecified atom stereocenters. The van der Waals surface area contributed by atoms with E-state index < -0.39 is 0 Å². The summed E-state index contributed by atoms with van der Waals surface area (Å²) in [7, 11) is 2.11. The molecule has 17 heavy (non-hydrogen) atoms. The van der Waals surface area contributed by atoms with Crippen molar-refractivity contribution in [2.24, 2.45) is 0 Å². The Morgan fingerprint density at radius 1 is 1.65 bits per heavy atom. The summed E-state index contributed by atoms with van der Waals surface area (Å²) in [5.74, 6) is 0.685. The molecule has 0 saturated carbocycles. The third-order valence-corrected chi connectivity index (χ3v) is 3.01. The zero-order chi connectivity index (χ0) is 12.3. The first-order valence-corrected chi connectivity index (χ1v) is 5.79. The molecule has 0 spiro atoms. The van der Waals surface area contributed by atoms with Crippen molar-refractivity contribution in [1.29, 1.82) is 5.26 Å². The number of hydrogen-bond acceptors (Lipinski definition) is 5. The number of nitrogens with zero attached hydrogens (tertiary/aromatic N) is 3. The van der Waals surface area contributed by atoms with Gasteiger partial charge in [-0.1, -0.05) is 0 Å². The first-order valence-electron chi connectivity index (χ1n) is 5.79. The molecule has 1 saturated heterocycles. The van der Waals surface area contributed by atoms with Crippen LogP contribution in [0.3, 0.4) is 0 Å². The van der Waals surface area contributed by atoms with Crippen LogP contribution in [0.5, 0.6) is 0 Å². The van der Waals surface area contributed by atoms with Gasteiger partial charge < -0.3 is 16.0 Å². The van der Waals surface area contributed by atoms with Crippen molar-refractivity contribution in [3.05, 3.63) is 17.8 Å². The Kier molecular flexibility index (Phi) is 3.45. The minimum atomic E-state index is 0.386. The second-order valence-electron chi connectivity index (χ2n) is 4.52. The number of pyridine rings is 1. The third kappa shape index (κ3) is 2.86. The predicted molar refractivity (Wildman–Crippen MR) is 67.5 cm³/mol. The van der Waals surface area contributed by atoms with E-state index in [-0.39, 0.29) is 0 Å². The smallest absolute Gasteiger partial charge is 0.149 e. The molecule has 90 valence electrons. The van der Waals surface area contributed by atoms with Crippen LogP contribution >= 0.6 is 0 Å². The van der Waals surface area contributed by atoms with E-state index >= 15 is 0 Å². The number of likely N-dealkylation sites (tertiary alicyclic amines) is 1. The monoisotopic (exact) mass is 231 g/mol. The van der Waals surface area contributed by atoms with Crippen LogP contribution in [-0.2, 0) is 0 Å². The lowest BCUT2D eigenvalue weighted by Gasteiger charge is -2.30. The molecule has 1 aliphatic heterocycles. The molecular weight excluding hydrogens is 214 g/mol. The van der Waals surface area contributed by atoms with Gasteiger partial charge in [0, 0.05) is 18.8 Å². The van der Waals surface area contributed by atoms with Gasteiger partial charge in [-0.05, 0) is 32.5 Å². The molecule has 1 aromatic heterocycles. The Morgan fingerprint density at radius 3 is 3.12 bits per heavy atom. The van der Waals surface area contributed by atoms with Crippen LogP contribution in [0.15, 0.2) is 12.3 Å². The minimum absolute atomic E-state index is 0.386. The van der Waals surface area contributed by atoms with Crippen LogP contribution in [0, 0.1) is 11.3 Å². The second kappa shape index (κ2) is 5.02. The highest BCUT2D eigenvalue weighted by atomic mass is 15.2. The van der Waals surface area contributed by atoms with E-state index in [4.69, 9.17) is 11.0 Å². The van der Waals surface area contributed by atoms with E-state index in [2.05, 4.69) is 22.2 Å². The fourth-order valence-electron chi connectivity index (χ4n) is 2.14. The topological polar surface area (TPSA) is 78.0 Å². The number of anilines is 2. The fourth-order valence-corrected chi connectivity index (χ4v) is 2.14. The van der Waals surface area contributed by atoms with Crippen molar-refractivity contribution in [1.82, 2.24) is 9.88 Å². The lowest BCUT2D eigenvalue weighted by molar-refractivity contribution is 0.261. The number of nitrogens with one attached hydrogen (secondary N) is 1. The molecule has 0 bridgehead atoms. The maximum atomic E-state index is 8.74. The lowest BCUT2D eigenvalue weighted by atomic mass is 10.1. The quantitative estimate of drug-likeness (QED) is 0.795. The van der Waals surface area contributed by atoms with Crippen LogP contribution in [0.25, 0.3) is 0 Å². The van der Waals surface area contributed by atoms with Crippen molar-refractivity contribution in [3.8, 4) is 6.07 Å². The molecule has 0 aromatic carbocycles. The summed E-state index contributed by atoms with van der Waals surface area (Å²) in [4.78, 5) is 6.48. The predicted octanol–water partition coefficient (Wildman–Crippen LogP) is 1.04. The highest BCUT2D eigenvalue weighted by Gasteiger charge is 2.17. The van der Waals surface area contributed by atoms with Crippen LogP contribution < -0.4 is 11.1 Å². The van der Waals surface area contributed by atoms with Gasteiger partial charge in [-0.2, -0.15) is 5.26 Å². The van der Waals surface area contributed by atoms with Gasteiger partial charge in [0.15, 0.2) is 0 Å². The van der Waals surface area contributed by atoms with E-state index in [1.54, 1.807) is 12.3 Å². The first-order chi connectivity index (χ1) is 8.19. The summed E-state index contributed by atoms with van der Waals surface area (Å²) in [5.41, 5.74) is 6.89.